The van der Waals surface area contributed by atoms with Crippen LogP contribution >= 0.6 is 0 Å². The van der Waals surface area contributed by atoms with Gasteiger partial charge in [-0.2, -0.15) is 0 Å². The monoisotopic (exact) mass is 268 g/mol. The smallest absolute Gasteiger partial charge is 0.125 e. The highest BCUT2D eigenvalue weighted by Gasteiger charge is 2.39. The standard InChI is InChI=1S/C18H20O2/c1-2-18(12-14-8-4-3-5-9-14)13-16(19)15-10-6-7-11-17(15)20-18/h3-11,16,19H,2,12-13H2,1H3/t16-,18?/m0/s1. The molecule has 2 aromatic carbocycles. The summed E-state index contributed by atoms with van der Waals surface area (Å²) in [4.78, 5) is 0. The third-order valence-electron chi connectivity index (χ3n) is 4.18. The van der Waals surface area contributed by atoms with Crippen molar-refractivity contribution in [2.75, 3.05) is 0 Å². The third kappa shape index (κ3) is 2.44. The van der Waals surface area contributed by atoms with Gasteiger partial charge < -0.3 is 9.84 Å². The van der Waals surface area contributed by atoms with E-state index in [1.165, 1.54) is 5.56 Å². The number of aliphatic hydroxyl groups excluding tert-OH is 1. The molecule has 2 heteroatoms. The summed E-state index contributed by atoms with van der Waals surface area (Å²) in [6.07, 6.45) is 1.92. The van der Waals surface area contributed by atoms with Gasteiger partial charge in [0.2, 0.25) is 0 Å². The Hall–Kier alpha value is -1.80. The summed E-state index contributed by atoms with van der Waals surface area (Å²) in [5.41, 5.74) is 1.85. The highest BCUT2D eigenvalue weighted by atomic mass is 16.5. The van der Waals surface area contributed by atoms with E-state index in [2.05, 4.69) is 19.1 Å². The number of aliphatic hydroxyl groups is 1. The van der Waals surface area contributed by atoms with E-state index in [0.717, 1.165) is 24.2 Å². The van der Waals surface area contributed by atoms with Crippen molar-refractivity contribution < 1.29 is 9.84 Å². The molecule has 20 heavy (non-hydrogen) atoms. The molecule has 0 saturated heterocycles. The van der Waals surface area contributed by atoms with Crippen LogP contribution in [0.2, 0.25) is 0 Å². The van der Waals surface area contributed by atoms with Crippen molar-refractivity contribution in [2.45, 2.75) is 37.9 Å². The van der Waals surface area contributed by atoms with Crippen molar-refractivity contribution in [1.82, 2.24) is 0 Å². The maximum absolute atomic E-state index is 10.4. The lowest BCUT2D eigenvalue weighted by Gasteiger charge is -2.40. The van der Waals surface area contributed by atoms with Gasteiger partial charge >= 0.3 is 0 Å². The zero-order valence-electron chi connectivity index (χ0n) is 11.8. The van der Waals surface area contributed by atoms with E-state index in [4.69, 9.17) is 4.74 Å². The Labute approximate surface area is 120 Å². The molecule has 0 amide bonds. The van der Waals surface area contributed by atoms with Gasteiger partial charge in [0.1, 0.15) is 11.4 Å². The summed E-state index contributed by atoms with van der Waals surface area (Å²) in [6, 6.07) is 18.2. The predicted molar refractivity (Wildman–Crippen MR) is 79.8 cm³/mol. The minimum atomic E-state index is -0.441. The van der Waals surface area contributed by atoms with Crippen LogP contribution in [0.15, 0.2) is 54.6 Å². The molecule has 0 aliphatic carbocycles. The largest absolute Gasteiger partial charge is 0.486 e. The van der Waals surface area contributed by atoms with Crippen molar-refractivity contribution in [3.05, 3.63) is 65.7 Å². The van der Waals surface area contributed by atoms with Gasteiger partial charge in [-0.3, -0.25) is 0 Å². The molecule has 104 valence electrons. The fourth-order valence-corrected chi connectivity index (χ4v) is 3.00. The molecule has 0 fully saturated rings. The van der Waals surface area contributed by atoms with Crippen LogP contribution in [-0.4, -0.2) is 10.7 Å². The van der Waals surface area contributed by atoms with E-state index < -0.39 is 6.10 Å². The molecule has 0 bridgehead atoms. The van der Waals surface area contributed by atoms with E-state index in [1.807, 2.05) is 42.5 Å². The van der Waals surface area contributed by atoms with Gasteiger partial charge in [0.25, 0.3) is 0 Å². The predicted octanol–water partition coefficient (Wildman–Crippen LogP) is 3.89. The van der Waals surface area contributed by atoms with Gasteiger partial charge in [-0.05, 0) is 18.1 Å². The topological polar surface area (TPSA) is 29.5 Å². The summed E-state index contributed by atoms with van der Waals surface area (Å²) < 4.78 is 6.28. The number of hydrogen-bond donors (Lipinski definition) is 1. The van der Waals surface area contributed by atoms with Crippen LogP contribution < -0.4 is 4.74 Å². The molecule has 0 aromatic heterocycles. The molecule has 0 spiro atoms. The Morgan fingerprint density at radius 3 is 2.55 bits per heavy atom. The maximum atomic E-state index is 10.4. The molecule has 1 heterocycles. The number of hydrogen-bond acceptors (Lipinski definition) is 2. The zero-order valence-corrected chi connectivity index (χ0v) is 11.8. The first-order valence-electron chi connectivity index (χ1n) is 7.22. The number of fused-ring (bicyclic) bond motifs is 1. The minimum absolute atomic E-state index is 0.310. The van der Waals surface area contributed by atoms with Gasteiger partial charge in [-0.1, -0.05) is 55.5 Å². The Morgan fingerprint density at radius 1 is 1.10 bits per heavy atom. The maximum Gasteiger partial charge on any atom is 0.125 e. The number of rotatable bonds is 3. The lowest BCUT2D eigenvalue weighted by molar-refractivity contribution is -0.0167. The molecule has 2 nitrogen and oxygen atoms in total. The van der Waals surface area contributed by atoms with Crippen molar-refractivity contribution in [3.8, 4) is 5.75 Å². The first-order valence-corrected chi connectivity index (χ1v) is 7.22. The molecular formula is C18H20O2. The third-order valence-corrected chi connectivity index (χ3v) is 4.18. The average Bonchev–Trinajstić information content (AvgIpc) is 2.48. The molecule has 1 unspecified atom stereocenters. The van der Waals surface area contributed by atoms with Crippen molar-refractivity contribution in [2.24, 2.45) is 0 Å². The summed E-state index contributed by atoms with van der Waals surface area (Å²) in [6.45, 7) is 2.13. The molecule has 1 aliphatic rings. The van der Waals surface area contributed by atoms with Crippen LogP contribution in [0.5, 0.6) is 5.75 Å². The fourth-order valence-electron chi connectivity index (χ4n) is 3.00. The summed E-state index contributed by atoms with van der Waals surface area (Å²) in [5, 5.41) is 10.4. The molecule has 1 N–H and O–H groups in total. The summed E-state index contributed by atoms with van der Waals surface area (Å²) in [7, 11) is 0. The Kier molecular flexibility index (Phi) is 3.49. The molecule has 0 saturated carbocycles. The second-order valence-corrected chi connectivity index (χ2v) is 5.56. The lowest BCUT2D eigenvalue weighted by Crippen LogP contribution is -2.42. The molecule has 3 rings (SSSR count). The van der Waals surface area contributed by atoms with Gasteiger partial charge in [0.05, 0.1) is 6.10 Å². The fraction of sp³-hybridized carbons (Fsp3) is 0.333. The minimum Gasteiger partial charge on any atom is -0.486 e. The van der Waals surface area contributed by atoms with Crippen LogP contribution in [0.4, 0.5) is 0 Å². The molecule has 2 aromatic rings. The first kappa shape index (κ1) is 13.2. The second kappa shape index (κ2) is 5.29. The van der Waals surface area contributed by atoms with Crippen LogP contribution in [0.3, 0.4) is 0 Å². The van der Waals surface area contributed by atoms with Gasteiger partial charge in [0.15, 0.2) is 0 Å². The highest BCUT2D eigenvalue weighted by molar-refractivity contribution is 5.38. The van der Waals surface area contributed by atoms with E-state index >= 15 is 0 Å². The van der Waals surface area contributed by atoms with E-state index in [1.54, 1.807) is 0 Å². The molecule has 2 atom stereocenters. The van der Waals surface area contributed by atoms with E-state index in [-0.39, 0.29) is 5.60 Å². The van der Waals surface area contributed by atoms with Crippen molar-refractivity contribution in [1.29, 1.82) is 0 Å². The highest BCUT2D eigenvalue weighted by Crippen LogP contribution is 2.42. The Bertz CT molecular complexity index is 579. The number of ether oxygens (including phenoxy) is 1. The van der Waals surface area contributed by atoms with E-state index in [9.17, 15) is 5.11 Å². The van der Waals surface area contributed by atoms with E-state index in [0.29, 0.717) is 6.42 Å². The van der Waals surface area contributed by atoms with Crippen LogP contribution in [0, 0.1) is 0 Å². The Morgan fingerprint density at radius 2 is 1.80 bits per heavy atom. The SMILES string of the molecule is CCC1(Cc2ccccc2)C[C@H](O)c2ccccc2O1. The first-order chi connectivity index (χ1) is 9.72. The summed E-state index contributed by atoms with van der Waals surface area (Å²) >= 11 is 0. The van der Waals surface area contributed by atoms with Crippen LogP contribution in [0.25, 0.3) is 0 Å². The second-order valence-electron chi connectivity index (χ2n) is 5.56. The van der Waals surface area contributed by atoms with Crippen molar-refractivity contribution >= 4 is 0 Å². The van der Waals surface area contributed by atoms with Crippen LogP contribution in [-0.2, 0) is 6.42 Å². The van der Waals surface area contributed by atoms with Crippen LogP contribution in [0.1, 0.15) is 37.0 Å². The molecule has 0 radical (unpaired) electrons. The van der Waals surface area contributed by atoms with Gasteiger partial charge in [0, 0.05) is 18.4 Å². The lowest BCUT2D eigenvalue weighted by atomic mass is 9.82. The Balaban J connectivity index is 1.91. The quantitative estimate of drug-likeness (QED) is 0.915. The number of benzene rings is 2. The number of para-hydroxylation sites is 1. The van der Waals surface area contributed by atoms with Gasteiger partial charge in [-0.15, -0.1) is 0 Å². The van der Waals surface area contributed by atoms with Gasteiger partial charge in [-0.25, -0.2) is 0 Å². The van der Waals surface area contributed by atoms with Crippen molar-refractivity contribution in [3.63, 3.8) is 0 Å². The average molecular weight is 268 g/mol. The normalized spacial score (nSPS) is 24.8. The summed E-state index contributed by atoms with van der Waals surface area (Å²) in [5.74, 6) is 0.823. The molecular weight excluding hydrogens is 248 g/mol. The molecule has 1 aliphatic heterocycles. The zero-order chi connectivity index (χ0) is 14.0.